The Labute approximate surface area is 147 Å². The Kier molecular flexibility index (Phi) is 4.19. The van der Waals surface area contributed by atoms with E-state index in [0.717, 1.165) is 30.7 Å². The third kappa shape index (κ3) is 2.58. The molecule has 3 nitrogen and oxygen atoms in total. The van der Waals surface area contributed by atoms with Crippen molar-refractivity contribution < 1.29 is 9.68 Å². The third-order valence-electron chi connectivity index (χ3n) is 5.30. The number of hydrogen-bond acceptors (Lipinski definition) is 3. The van der Waals surface area contributed by atoms with Crippen LogP contribution in [0.4, 0.5) is 5.69 Å². The summed E-state index contributed by atoms with van der Waals surface area (Å²) in [5.74, 6) is 1.28. The number of aliphatic hydroxyl groups is 1. The molecular weight excluding hydrogens is 316 g/mol. The molecule has 1 aromatic carbocycles. The van der Waals surface area contributed by atoms with Gasteiger partial charge in [-0.2, -0.15) is 0 Å². The highest BCUT2D eigenvalue weighted by atomic mass is 32.1. The first-order valence-corrected chi connectivity index (χ1v) is 9.86. The van der Waals surface area contributed by atoms with Crippen LogP contribution in [0.5, 0.6) is 0 Å². The number of rotatable bonds is 3. The van der Waals surface area contributed by atoms with Crippen molar-refractivity contribution in [2.24, 2.45) is 0 Å². The van der Waals surface area contributed by atoms with Gasteiger partial charge in [0.25, 0.3) is 11.6 Å². The molecular formula is C20H25N2OS+. The smallest absolute Gasteiger partial charge is 0.280 e. The molecule has 4 heteroatoms. The lowest BCUT2D eigenvalue weighted by Crippen LogP contribution is -2.40. The second-order valence-corrected chi connectivity index (χ2v) is 7.73. The van der Waals surface area contributed by atoms with Crippen molar-refractivity contribution in [3.8, 4) is 0 Å². The Hall–Kier alpha value is -1.65. The number of nitrogens with zero attached hydrogens (tertiary/aromatic N) is 2. The normalized spacial score (nSPS) is 24.2. The molecule has 126 valence electrons. The van der Waals surface area contributed by atoms with Gasteiger partial charge < -0.3 is 5.11 Å². The summed E-state index contributed by atoms with van der Waals surface area (Å²) in [6, 6.07) is 12.9. The molecule has 24 heavy (non-hydrogen) atoms. The second kappa shape index (κ2) is 6.34. The summed E-state index contributed by atoms with van der Waals surface area (Å²) in [5.41, 5.74) is 1.66. The Bertz CT molecular complexity index is 736. The maximum absolute atomic E-state index is 11.6. The lowest BCUT2D eigenvalue weighted by molar-refractivity contribution is -0.657. The Morgan fingerprint density at radius 1 is 1.17 bits per heavy atom. The average Bonchev–Trinajstić information content (AvgIpc) is 3.16. The van der Waals surface area contributed by atoms with Crippen molar-refractivity contribution in [3.63, 3.8) is 0 Å². The zero-order chi connectivity index (χ0) is 16.6. The topological polar surface area (TPSA) is 26.5 Å². The minimum Gasteiger partial charge on any atom is -0.346 e. The fourth-order valence-corrected chi connectivity index (χ4v) is 4.76. The van der Waals surface area contributed by atoms with E-state index >= 15 is 0 Å². The molecule has 2 aromatic rings. The van der Waals surface area contributed by atoms with Gasteiger partial charge in [0, 0.05) is 6.42 Å². The number of anilines is 1. The lowest BCUT2D eigenvalue weighted by Gasteiger charge is -2.21. The number of β-amino-alcohol motifs (C(OH)–C–C–N with tert-alkyl or cyclic N) is 1. The van der Waals surface area contributed by atoms with E-state index in [1.54, 1.807) is 11.3 Å². The van der Waals surface area contributed by atoms with Crippen molar-refractivity contribution >= 4 is 22.9 Å². The maximum atomic E-state index is 11.6. The van der Waals surface area contributed by atoms with E-state index in [-0.39, 0.29) is 0 Å². The molecule has 0 saturated heterocycles. The highest BCUT2D eigenvalue weighted by Gasteiger charge is 2.52. The molecule has 1 aromatic heterocycles. The molecule has 0 bridgehead atoms. The number of thiophene rings is 1. The Morgan fingerprint density at radius 2 is 2.00 bits per heavy atom. The molecule has 0 amide bonds. The molecule has 0 radical (unpaired) electrons. The van der Waals surface area contributed by atoms with Gasteiger partial charge in [-0.15, -0.1) is 11.3 Å². The van der Waals surface area contributed by atoms with E-state index in [1.165, 1.54) is 29.9 Å². The predicted octanol–water partition coefficient (Wildman–Crippen LogP) is 3.96. The van der Waals surface area contributed by atoms with E-state index < -0.39 is 5.72 Å². The summed E-state index contributed by atoms with van der Waals surface area (Å²) in [5, 5.41) is 13.6. The quantitative estimate of drug-likeness (QED) is 0.855. The highest BCUT2D eigenvalue weighted by Crippen LogP contribution is 2.37. The van der Waals surface area contributed by atoms with Crippen LogP contribution in [0.1, 0.15) is 43.0 Å². The fraction of sp³-hybridized carbons (Fsp3) is 0.450. The number of benzene rings is 1. The SMILES string of the molecule is CCc1ccc(N2CC(O)(c3cccs3)[N+]3=C2CCCCC3)cc1. The van der Waals surface area contributed by atoms with Crippen molar-refractivity contribution in [3.05, 3.63) is 52.2 Å². The molecule has 1 atom stereocenters. The van der Waals surface area contributed by atoms with Crippen molar-refractivity contribution in [2.75, 3.05) is 18.0 Å². The molecule has 2 aliphatic heterocycles. The summed E-state index contributed by atoms with van der Waals surface area (Å²) in [4.78, 5) is 3.39. The first-order valence-electron chi connectivity index (χ1n) is 8.98. The van der Waals surface area contributed by atoms with Gasteiger partial charge in [-0.05, 0) is 54.8 Å². The van der Waals surface area contributed by atoms with Gasteiger partial charge in [-0.1, -0.05) is 25.1 Å². The molecule has 1 unspecified atom stereocenters. The van der Waals surface area contributed by atoms with E-state index in [9.17, 15) is 5.11 Å². The number of hydrogen-bond donors (Lipinski definition) is 1. The molecule has 2 aliphatic rings. The van der Waals surface area contributed by atoms with Crippen LogP contribution in [-0.4, -0.2) is 28.6 Å². The average molecular weight is 342 g/mol. The highest BCUT2D eigenvalue weighted by molar-refractivity contribution is 7.10. The van der Waals surface area contributed by atoms with Gasteiger partial charge in [-0.3, -0.25) is 0 Å². The Balaban J connectivity index is 1.76. The van der Waals surface area contributed by atoms with Gasteiger partial charge in [0.1, 0.15) is 5.69 Å². The van der Waals surface area contributed by atoms with Gasteiger partial charge in [-0.25, -0.2) is 9.48 Å². The van der Waals surface area contributed by atoms with Crippen LogP contribution in [0.15, 0.2) is 41.8 Å². The van der Waals surface area contributed by atoms with Crippen LogP contribution in [0.2, 0.25) is 0 Å². The van der Waals surface area contributed by atoms with Crippen LogP contribution in [-0.2, 0) is 12.1 Å². The molecule has 0 aliphatic carbocycles. The maximum Gasteiger partial charge on any atom is 0.280 e. The molecule has 0 fully saturated rings. The molecule has 4 rings (SSSR count). The monoisotopic (exact) mass is 341 g/mol. The van der Waals surface area contributed by atoms with Crippen molar-refractivity contribution in [1.82, 2.24) is 0 Å². The molecule has 0 spiro atoms. The third-order valence-corrected chi connectivity index (χ3v) is 6.31. The minimum atomic E-state index is -0.892. The predicted molar refractivity (Wildman–Crippen MR) is 100.0 cm³/mol. The summed E-state index contributed by atoms with van der Waals surface area (Å²) < 4.78 is 2.26. The van der Waals surface area contributed by atoms with E-state index in [1.807, 2.05) is 6.07 Å². The first kappa shape index (κ1) is 15.9. The zero-order valence-electron chi connectivity index (χ0n) is 14.2. The van der Waals surface area contributed by atoms with Crippen LogP contribution in [0.25, 0.3) is 0 Å². The van der Waals surface area contributed by atoms with E-state index in [2.05, 4.69) is 52.1 Å². The van der Waals surface area contributed by atoms with Gasteiger partial charge >= 0.3 is 0 Å². The van der Waals surface area contributed by atoms with Gasteiger partial charge in [0.15, 0.2) is 6.54 Å². The van der Waals surface area contributed by atoms with Gasteiger partial charge in [0.2, 0.25) is 0 Å². The number of amidine groups is 1. The van der Waals surface area contributed by atoms with Crippen molar-refractivity contribution in [1.29, 1.82) is 0 Å². The summed E-state index contributed by atoms with van der Waals surface area (Å²) in [6.45, 7) is 3.74. The fourth-order valence-electron chi connectivity index (χ4n) is 3.94. The minimum absolute atomic E-state index is 0.619. The van der Waals surface area contributed by atoms with Crippen LogP contribution >= 0.6 is 11.3 Å². The zero-order valence-corrected chi connectivity index (χ0v) is 15.1. The van der Waals surface area contributed by atoms with Crippen LogP contribution < -0.4 is 4.90 Å². The standard InChI is InChI=1S/C20H25N2OS/c1-2-16-9-11-17(12-10-16)21-15-20(23,18-7-6-14-24-18)22-13-5-3-4-8-19(21)22/h6-7,9-12,14,23H,2-5,8,13,15H2,1H3/q+1. The summed E-state index contributed by atoms with van der Waals surface area (Å²) in [7, 11) is 0. The van der Waals surface area contributed by atoms with Gasteiger partial charge in [0.05, 0.1) is 11.4 Å². The van der Waals surface area contributed by atoms with Crippen molar-refractivity contribution in [2.45, 2.75) is 44.8 Å². The number of aryl methyl sites for hydroxylation is 1. The molecule has 3 heterocycles. The second-order valence-electron chi connectivity index (χ2n) is 6.78. The van der Waals surface area contributed by atoms with Crippen LogP contribution in [0.3, 0.4) is 0 Å². The molecule has 0 saturated carbocycles. The summed E-state index contributed by atoms with van der Waals surface area (Å²) in [6.07, 6.45) is 5.70. The molecule has 1 N–H and O–H groups in total. The summed E-state index contributed by atoms with van der Waals surface area (Å²) >= 11 is 1.65. The Morgan fingerprint density at radius 3 is 2.71 bits per heavy atom. The van der Waals surface area contributed by atoms with E-state index in [0.29, 0.717) is 6.54 Å². The van der Waals surface area contributed by atoms with Crippen LogP contribution in [0, 0.1) is 0 Å². The van der Waals surface area contributed by atoms with E-state index in [4.69, 9.17) is 0 Å². The first-order chi connectivity index (χ1) is 11.7. The largest absolute Gasteiger partial charge is 0.346 e. The lowest BCUT2D eigenvalue weighted by atomic mass is 10.1.